The highest BCUT2D eigenvalue weighted by atomic mass is 79.9. The minimum atomic E-state index is -0.298. The Labute approximate surface area is 115 Å². The van der Waals surface area contributed by atoms with E-state index in [4.69, 9.17) is 4.42 Å². The molecule has 0 radical (unpaired) electrons. The van der Waals surface area contributed by atoms with Crippen LogP contribution in [0.2, 0.25) is 0 Å². The minimum Gasteiger partial charge on any atom is -0.451 e. The molecule has 3 aromatic rings. The van der Waals surface area contributed by atoms with Crippen LogP contribution in [0.4, 0.5) is 5.13 Å². The van der Waals surface area contributed by atoms with Gasteiger partial charge >= 0.3 is 0 Å². The van der Waals surface area contributed by atoms with E-state index in [9.17, 15) is 4.79 Å². The van der Waals surface area contributed by atoms with Crippen molar-refractivity contribution in [1.82, 2.24) is 4.98 Å². The van der Waals surface area contributed by atoms with Crippen molar-refractivity contribution in [1.29, 1.82) is 0 Å². The maximum Gasteiger partial charge on any atom is 0.293 e. The number of carbonyl (C=O) groups excluding carboxylic acids is 1. The Hall–Kier alpha value is -1.66. The summed E-state index contributed by atoms with van der Waals surface area (Å²) >= 11 is 4.78. The number of furan rings is 1. The molecule has 1 amide bonds. The van der Waals surface area contributed by atoms with Crippen LogP contribution in [0.25, 0.3) is 11.0 Å². The zero-order valence-corrected chi connectivity index (χ0v) is 11.4. The molecule has 0 aliphatic heterocycles. The van der Waals surface area contributed by atoms with Crippen LogP contribution in [-0.2, 0) is 0 Å². The zero-order chi connectivity index (χ0) is 12.5. The van der Waals surface area contributed by atoms with E-state index in [0.717, 1.165) is 9.86 Å². The number of fused-ring (bicyclic) bond motifs is 1. The highest BCUT2D eigenvalue weighted by Crippen LogP contribution is 2.27. The molecule has 6 heteroatoms. The summed E-state index contributed by atoms with van der Waals surface area (Å²) in [4.78, 5) is 15.9. The molecule has 0 aliphatic carbocycles. The monoisotopic (exact) mass is 322 g/mol. The Morgan fingerprint density at radius 2 is 2.33 bits per heavy atom. The van der Waals surface area contributed by atoms with Gasteiger partial charge in [0.2, 0.25) is 0 Å². The van der Waals surface area contributed by atoms with E-state index in [2.05, 4.69) is 26.2 Å². The van der Waals surface area contributed by atoms with Crippen LogP contribution in [0.3, 0.4) is 0 Å². The fourth-order valence-corrected chi connectivity index (χ4v) is 2.57. The summed E-state index contributed by atoms with van der Waals surface area (Å²) in [6.07, 6.45) is 1.63. The molecule has 1 aromatic carbocycles. The average molecular weight is 323 g/mol. The molecule has 0 atom stereocenters. The first-order chi connectivity index (χ1) is 8.74. The summed E-state index contributed by atoms with van der Waals surface area (Å²) in [7, 11) is 0. The molecule has 2 aromatic heterocycles. The van der Waals surface area contributed by atoms with E-state index in [0.29, 0.717) is 10.7 Å². The normalized spacial score (nSPS) is 10.7. The highest BCUT2D eigenvalue weighted by molar-refractivity contribution is 9.10. The Bertz CT molecular complexity index is 706. The first-order valence-electron chi connectivity index (χ1n) is 5.13. The van der Waals surface area contributed by atoms with Crippen LogP contribution in [0, 0.1) is 0 Å². The van der Waals surface area contributed by atoms with Crippen molar-refractivity contribution in [2.24, 2.45) is 0 Å². The number of halogens is 1. The van der Waals surface area contributed by atoms with Gasteiger partial charge in [0, 0.05) is 21.4 Å². The topological polar surface area (TPSA) is 55.1 Å². The van der Waals surface area contributed by atoms with Gasteiger partial charge in [-0.1, -0.05) is 22.0 Å². The number of rotatable bonds is 2. The van der Waals surface area contributed by atoms with Crippen LogP contribution >= 0.6 is 27.3 Å². The Morgan fingerprint density at radius 1 is 1.44 bits per heavy atom. The lowest BCUT2D eigenvalue weighted by atomic mass is 10.2. The highest BCUT2D eigenvalue weighted by Gasteiger charge is 2.14. The van der Waals surface area contributed by atoms with Crippen LogP contribution < -0.4 is 5.32 Å². The SMILES string of the molecule is O=C(Nc1nccs1)c1cc2c(Br)cccc2o1. The van der Waals surface area contributed by atoms with Gasteiger partial charge in [-0.05, 0) is 18.2 Å². The molecule has 3 rings (SSSR count). The number of benzene rings is 1. The molecule has 2 heterocycles. The predicted molar refractivity (Wildman–Crippen MR) is 74.0 cm³/mol. The number of nitrogens with zero attached hydrogens (tertiary/aromatic N) is 1. The lowest BCUT2D eigenvalue weighted by Gasteiger charge is -1.96. The van der Waals surface area contributed by atoms with E-state index in [1.54, 1.807) is 17.6 Å². The molecule has 0 fully saturated rings. The van der Waals surface area contributed by atoms with E-state index < -0.39 is 0 Å². The lowest BCUT2D eigenvalue weighted by Crippen LogP contribution is -2.10. The van der Waals surface area contributed by atoms with Crippen molar-refractivity contribution in [3.05, 3.63) is 46.1 Å². The number of nitrogens with one attached hydrogen (secondary N) is 1. The molecule has 0 spiro atoms. The molecule has 0 bridgehead atoms. The van der Waals surface area contributed by atoms with Gasteiger partial charge in [-0.3, -0.25) is 10.1 Å². The van der Waals surface area contributed by atoms with Gasteiger partial charge in [-0.15, -0.1) is 11.3 Å². The smallest absolute Gasteiger partial charge is 0.293 e. The quantitative estimate of drug-likeness (QED) is 0.778. The molecule has 0 unspecified atom stereocenters. The number of amides is 1. The van der Waals surface area contributed by atoms with E-state index >= 15 is 0 Å². The summed E-state index contributed by atoms with van der Waals surface area (Å²) in [5.41, 5.74) is 0.675. The van der Waals surface area contributed by atoms with Gasteiger partial charge in [0.05, 0.1) is 0 Å². The molecule has 18 heavy (non-hydrogen) atoms. The number of anilines is 1. The first kappa shape index (κ1) is 11.4. The average Bonchev–Trinajstić information content (AvgIpc) is 2.97. The molecule has 1 N–H and O–H groups in total. The number of thiazole rings is 1. The molecular weight excluding hydrogens is 316 g/mol. The maximum atomic E-state index is 11.9. The largest absolute Gasteiger partial charge is 0.451 e. The zero-order valence-electron chi connectivity index (χ0n) is 9.01. The van der Waals surface area contributed by atoms with Gasteiger partial charge in [0.1, 0.15) is 5.58 Å². The Kier molecular flexibility index (Phi) is 2.89. The fraction of sp³-hybridized carbons (Fsp3) is 0. The van der Waals surface area contributed by atoms with Crippen molar-refractivity contribution < 1.29 is 9.21 Å². The van der Waals surface area contributed by atoms with Crippen molar-refractivity contribution in [3.63, 3.8) is 0 Å². The number of aromatic nitrogens is 1. The Balaban J connectivity index is 1.94. The van der Waals surface area contributed by atoms with Gasteiger partial charge in [-0.2, -0.15) is 0 Å². The second-order valence-electron chi connectivity index (χ2n) is 3.55. The molecule has 0 saturated heterocycles. The van der Waals surface area contributed by atoms with Gasteiger partial charge in [0.15, 0.2) is 10.9 Å². The fourth-order valence-electron chi connectivity index (χ4n) is 1.58. The van der Waals surface area contributed by atoms with E-state index in [-0.39, 0.29) is 11.7 Å². The maximum absolute atomic E-state index is 11.9. The first-order valence-corrected chi connectivity index (χ1v) is 6.80. The summed E-state index contributed by atoms with van der Waals surface area (Å²) < 4.78 is 6.39. The number of hydrogen-bond donors (Lipinski definition) is 1. The summed E-state index contributed by atoms with van der Waals surface area (Å²) in [6, 6.07) is 7.29. The molecular formula is C12H7BrN2O2S. The van der Waals surface area contributed by atoms with E-state index in [1.807, 2.05) is 18.2 Å². The second kappa shape index (κ2) is 4.55. The van der Waals surface area contributed by atoms with Crippen molar-refractivity contribution >= 4 is 49.3 Å². The molecule has 0 aliphatic rings. The third kappa shape index (κ3) is 2.04. The van der Waals surface area contributed by atoms with Crippen LogP contribution in [-0.4, -0.2) is 10.9 Å². The standard InChI is InChI=1S/C12H7BrN2O2S/c13-8-2-1-3-9-7(8)6-10(17-9)11(16)15-12-14-4-5-18-12/h1-6H,(H,14,15,16). The third-order valence-electron chi connectivity index (χ3n) is 2.38. The lowest BCUT2D eigenvalue weighted by molar-refractivity contribution is 0.0998. The molecule has 90 valence electrons. The molecule has 0 saturated carbocycles. The number of hydrogen-bond acceptors (Lipinski definition) is 4. The van der Waals surface area contributed by atoms with Crippen molar-refractivity contribution in [2.45, 2.75) is 0 Å². The van der Waals surface area contributed by atoms with Crippen LogP contribution in [0.5, 0.6) is 0 Å². The summed E-state index contributed by atoms with van der Waals surface area (Å²) in [6.45, 7) is 0. The Morgan fingerprint density at radius 3 is 3.06 bits per heavy atom. The van der Waals surface area contributed by atoms with Gasteiger partial charge in [0.25, 0.3) is 5.91 Å². The minimum absolute atomic E-state index is 0.270. The molecule has 4 nitrogen and oxygen atoms in total. The van der Waals surface area contributed by atoms with Crippen LogP contribution in [0.1, 0.15) is 10.6 Å². The van der Waals surface area contributed by atoms with Gasteiger partial charge in [-0.25, -0.2) is 4.98 Å². The third-order valence-corrected chi connectivity index (χ3v) is 3.76. The van der Waals surface area contributed by atoms with Gasteiger partial charge < -0.3 is 4.42 Å². The van der Waals surface area contributed by atoms with Crippen molar-refractivity contribution in [2.75, 3.05) is 5.32 Å². The summed E-state index contributed by atoms with van der Waals surface area (Å²) in [5.74, 6) is -0.0276. The second-order valence-corrected chi connectivity index (χ2v) is 5.30. The number of carbonyl (C=O) groups is 1. The van der Waals surface area contributed by atoms with Crippen molar-refractivity contribution in [3.8, 4) is 0 Å². The predicted octanol–water partition coefficient (Wildman–Crippen LogP) is 3.90. The van der Waals surface area contributed by atoms with E-state index in [1.165, 1.54) is 11.3 Å². The van der Waals surface area contributed by atoms with Crippen LogP contribution in [0.15, 0.2) is 44.7 Å². The summed E-state index contributed by atoms with van der Waals surface area (Å²) in [5, 5.41) is 5.91.